The topological polar surface area (TPSA) is 87.7 Å². The van der Waals surface area contributed by atoms with Gasteiger partial charge in [0.1, 0.15) is 37.1 Å². The number of ether oxygens (including phenoxy) is 2. The van der Waals surface area contributed by atoms with E-state index in [-0.39, 0.29) is 6.61 Å². The Morgan fingerprint density at radius 2 is 2.04 bits per heavy atom. The number of methoxy groups -OCH3 is 1. The number of aryl methyl sites for hydroxylation is 1. The van der Waals surface area contributed by atoms with E-state index < -0.39 is 37.1 Å². The number of aromatic nitrogens is 2. The summed E-state index contributed by atoms with van der Waals surface area (Å²) in [4.78, 5) is 4.28. The lowest BCUT2D eigenvalue weighted by Gasteiger charge is -2.42. The predicted molar refractivity (Wildman–Crippen MR) is 95.6 cm³/mol. The Bertz CT molecular complexity index is 749. The smallest absolute Gasteiger partial charge is 0.392 e. The van der Waals surface area contributed by atoms with Crippen LogP contribution >= 0.6 is 0 Å². The fourth-order valence-electron chi connectivity index (χ4n) is 3.35. The van der Waals surface area contributed by atoms with E-state index in [0.29, 0.717) is 11.6 Å². The lowest BCUT2D eigenvalue weighted by atomic mass is 9.89. The van der Waals surface area contributed by atoms with Crippen LogP contribution in [0.1, 0.15) is 17.4 Å². The number of nitrogens with one attached hydrogen (secondary N) is 1. The van der Waals surface area contributed by atoms with Gasteiger partial charge in [-0.05, 0) is 5.56 Å². The fourth-order valence-corrected chi connectivity index (χ4v) is 3.35. The van der Waals surface area contributed by atoms with Gasteiger partial charge in [0.2, 0.25) is 0 Å². The van der Waals surface area contributed by atoms with Crippen LogP contribution in [0.25, 0.3) is 0 Å². The van der Waals surface area contributed by atoms with Crippen molar-refractivity contribution in [3.05, 3.63) is 53.9 Å². The van der Waals surface area contributed by atoms with Crippen molar-refractivity contribution in [2.45, 2.75) is 37.1 Å². The molecule has 7 nitrogen and oxygen atoms in total. The Morgan fingerprint density at radius 3 is 2.67 bits per heavy atom. The number of aliphatic hydroxyl groups is 2. The summed E-state index contributed by atoms with van der Waals surface area (Å²) < 4.78 is 26.3. The van der Waals surface area contributed by atoms with Gasteiger partial charge < -0.3 is 19.7 Å². The number of halogens is 1. The van der Waals surface area contributed by atoms with Gasteiger partial charge in [-0.2, -0.15) is 0 Å². The van der Waals surface area contributed by atoms with E-state index in [2.05, 4.69) is 10.3 Å². The number of hydrogen-bond donors (Lipinski definition) is 3. The van der Waals surface area contributed by atoms with Gasteiger partial charge in [0.15, 0.2) is 5.69 Å². The van der Waals surface area contributed by atoms with Gasteiger partial charge in [0.25, 0.3) is 0 Å². The summed E-state index contributed by atoms with van der Waals surface area (Å²) in [5, 5.41) is 23.4. The van der Waals surface area contributed by atoms with Gasteiger partial charge >= 0.3 is 5.95 Å². The number of rotatable bonds is 6. The fraction of sp³-hybridized carbons (Fsp3) is 0.474. The number of benzene rings is 1. The molecule has 0 amide bonds. The van der Waals surface area contributed by atoms with Gasteiger partial charge in [-0.25, -0.2) is 8.96 Å². The van der Waals surface area contributed by atoms with Crippen LogP contribution in [-0.4, -0.2) is 53.3 Å². The Balaban J connectivity index is 1.99. The van der Waals surface area contributed by atoms with Crippen molar-refractivity contribution in [1.29, 1.82) is 0 Å². The lowest BCUT2D eigenvalue weighted by Crippen LogP contribution is -2.59. The van der Waals surface area contributed by atoms with E-state index in [1.165, 1.54) is 7.11 Å². The zero-order chi connectivity index (χ0) is 19.4. The van der Waals surface area contributed by atoms with Gasteiger partial charge in [0, 0.05) is 13.2 Å². The van der Waals surface area contributed by atoms with Gasteiger partial charge in [-0.15, -0.1) is 0 Å². The molecule has 1 fully saturated rings. The highest BCUT2D eigenvalue weighted by molar-refractivity contribution is 5.29. The maximum Gasteiger partial charge on any atom is 0.392 e. The monoisotopic (exact) mass is 378 g/mol. The number of aliphatic hydroxyl groups excluding tert-OH is 2. The normalized spacial score (nSPS) is 28.1. The van der Waals surface area contributed by atoms with Crippen molar-refractivity contribution in [1.82, 2.24) is 4.98 Å². The van der Waals surface area contributed by atoms with E-state index in [4.69, 9.17) is 9.47 Å². The Morgan fingerprint density at radius 1 is 1.30 bits per heavy atom. The van der Waals surface area contributed by atoms with Gasteiger partial charge in [0.05, 0.1) is 19.9 Å². The Kier molecular flexibility index (Phi) is 6.33. The summed E-state index contributed by atoms with van der Waals surface area (Å²) in [7, 11) is 3.28. The largest absolute Gasteiger partial charge is 0.394 e. The van der Waals surface area contributed by atoms with Crippen LogP contribution in [-0.2, 0) is 23.2 Å². The predicted octanol–water partition coefficient (Wildman–Crippen LogP) is 0.664. The van der Waals surface area contributed by atoms with Crippen molar-refractivity contribution in [2.24, 2.45) is 7.05 Å². The maximum atomic E-state index is 13.0. The first-order chi connectivity index (χ1) is 13.1. The third-order valence-electron chi connectivity index (χ3n) is 4.81. The average molecular weight is 378 g/mol. The first-order valence-electron chi connectivity index (χ1n) is 8.79. The highest BCUT2D eigenvalue weighted by Gasteiger charge is 2.48. The van der Waals surface area contributed by atoms with Gasteiger partial charge in [-0.3, -0.25) is 5.32 Å². The molecule has 3 rings (SSSR count). The van der Waals surface area contributed by atoms with E-state index in [9.17, 15) is 14.6 Å². The summed E-state index contributed by atoms with van der Waals surface area (Å²) in [6, 6.07) is 10.6. The van der Waals surface area contributed by atoms with E-state index in [1.807, 2.05) is 30.3 Å². The summed E-state index contributed by atoms with van der Waals surface area (Å²) in [5.41, 5.74) is 1.16. The highest BCUT2D eigenvalue weighted by atomic mass is 19.1. The molecule has 27 heavy (non-hydrogen) atoms. The summed E-state index contributed by atoms with van der Waals surface area (Å²) in [6.07, 6.45) is -1.28. The molecule has 5 atom stereocenters. The molecule has 0 spiro atoms. The molecule has 0 radical (unpaired) electrons. The number of nitrogens with zero attached hydrogens (tertiary/aromatic N) is 2. The zero-order valence-electron chi connectivity index (χ0n) is 15.3. The van der Waals surface area contributed by atoms with E-state index >= 15 is 0 Å². The van der Waals surface area contributed by atoms with Crippen LogP contribution in [0.3, 0.4) is 0 Å². The van der Waals surface area contributed by atoms with Crippen molar-refractivity contribution in [2.75, 3.05) is 19.0 Å². The van der Waals surface area contributed by atoms with Crippen molar-refractivity contribution in [3.63, 3.8) is 0 Å². The van der Waals surface area contributed by atoms with Gasteiger partial charge in [-0.1, -0.05) is 35.3 Å². The van der Waals surface area contributed by atoms with Crippen LogP contribution < -0.4 is 9.88 Å². The van der Waals surface area contributed by atoms with Crippen molar-refractivity contribution >= 4 is 5.95 Å². The molecule has 1 aromatic heterocycles. The first-order valence-corrected chi connectivity index (χ1v) is 8.79. The molecule has 146 valence electrons. The van der Waals surface area contributed by atoms with Crippen LogP contribution in [0.2, 0.25) is 0 Å². The minimum atomic E-state index is -1.04. The molecular formula is C19H25FN3O4+. The SMILES string of the molecule is CO[C@H]1[C@@H](O)[C@@H](CO)O[C@@H](c2ccccc2)[C@@H]1Nc1nc(CF)cc[n+]1C. The standard InChI is InChI=1S/C19H24FN3O4/c1-23-9-8-13(10-20)21-19(23)22-15-17(12-6-4-3-5-7-12)27-14(11-24)16(25)18(15)26-2/h3-9,14-18,24-25H,10-11H2,1-2H3/p+1/t14-,15+,16+,17+,18-/m1/s1. The summed E-state index contributed by atoms with van der Waals surface area (Å²) in [5.74, 6) is 0.427. The second kappa shape index (κ2) is 8.71. The van der Waals surface area contributed by atoms with Crippen LogP contribution in [0.5, 0.6) is 0 Å². The Labute approximate surface area is 157 Å². The second-order valence-corrected chi connectivity index (χ2v) is 6.54. The lowest BCUT2D eigenvalue weighted by molar-refractivity contribution is -0.660. The Hall–Kier alpha value is -2.13. The first kappa shape index (κ1) is 19.6. The minimum Gasteiger partial charge on any atom is -0.394 e. The molecule has 0 unspecified atom stereocenters. The molecule has 0 saturated carbocycles. The molecule has 8 heteroatoms. The minimum absolute atomic E-state index is 0.298. The molecule has 3 N–H and O–H groups in total. The molecule has 1 aliphatic rings. The number of anilines is 1. The third-order valence-corrected chi connectivity index (χ3v) is 4.81. The molecule has 2 aromatic rings. The molecule has 2 heterocycles. The van der Waals surface area contributed by atoms with E-state index in [0.717, 1.165) is 5.56 Å². The van der Waals surface area contributed by atoms with Crippen molar-refractivity contribution < 1.29 is 28.6 Å². The average Bonchev–Trinajstić information content (AvgIpc) is 2.70. The van der Waals surface area contributed by atoms with Crippen LogP contribution in [0.15, 0.2) is 42.6 Å². The number of hydrogen-bond acceptors (Lipinski definition) is 6. The molecule has 0 aliphatic carbocycles. The van der Waals surface area contributed by atoms with Crippen molar-refractivity contribution in [3.8, 4) is 0 Å². The highest BCUT2D eigenvalue weighted by Crippen LogP contribution is 2.34. The quantitative estimate of drug-likeness (QED) is 0.641. The molecular weight excluding hydrogens is 353 g/mol. The molecule has 1 saturated heterocycles. The zero-order valence-corrected chi connectivity index (χ0v) is 15.3. The molecule has 1 aliphatic heterocycles. The van der Waals surface area contributed by atoms with Crippen LogP contribution in [0, 0.1) is 0 Å². The van der Waals surface area contributed by atoms with Crippen LogP contribution in [0.4, 0.5) is 10.3 Å². The molecule has 1 aromatic carbocycles. The summed E-state index contributed by atoms with van der Waals surface area (Å²) in [6.45, 7) is -1.01. The summed E-state index contributed by atoms with van der Waals surface area (Å²) >= 11 is 0. The number of alkyl halides is 1. The van der Waals surface area contributed by atoms with E-state index in [1.54, 1.807) is 23.9 Å². The third kappa shape index (κ3) is 4.08. The maximum absolute atomic E-state index is 13.0. The molecule has 0 bridgehead atoms. The second-order valence-electron chi connectivity index (χ2n) is 6.54.